The lowest BCUT2D eigenvalue weighted by molar-refractivity contribution is -0.132. The van der Waals surface area contributed by atoms with Crippen LogP contribution in [0.1, 0.15) is 19.8 Å². The smallest absolute Gasteiger partial charge is 0.308 e. The van der Waals surface area contributed by atoms with E-state index in [9.17, 15) is 23.5 Å². The Kier molecular flexibility index (Phi) is 6.13. The molecule has 6 nitrogen and oxygen atoms in total. The van der Waals surface area contributed by atoms with Gasteiger partial charge in [0.15, 0.2) is 5.76 Å². The van der Waals surface area contributed by atoms with Gasteiger partial charge in [-0.3, -0.25) is 14.9 Å². The maximum Gasteiger partial charge on any atom is 0.308 e. The molecule has 25 heavy (non-hydrogen) atoms. The first-order valence-corrected chi connectivity index (χ1v) is 8.31. The van der Waals surface area contributed by atoms with Crippen LogP contribution in [0.4, 0.5) is 14.7 Å². The Labute approximate surface area is 149 Å². The second kappa shape index (κ2) is 8.11. The van der Waals surface area contributed by atoms with Crippen LogP contribution in [0.2, 0.25) is 0 Å². The van der Waals surface area contributed by atoms with Gasteiger partial charge in [0.2, 0.25) is 23.3 Å². The van der Waals surface area contributed by atoms with E-state index in [1.165, 1.54) is 0 Å². The number of ether oxygens (including phenoxy) is 1. The topological polar surface area (TPSA) is 88.8 Å². The van der Waals surface area contributed by atoms with Crippen molar-refractivity contribution in [3.63, 3.8) is 0 Å². The molecule has 9 heteroatoms. The first kappa shape index (κ1) is 18.9. The predicted octanol–water partition coefficient (Wildman–Crippen LogP) is 3.97. The molecular weight excluding hydrogens is 404 g/mol. The molecule has 0 saturated carbocycles. The molecule has 1 aromatic heterocycles. The highest BCUT2D eigenvalue weighted by molar-refractivity contribution is 9.09. The average Bonchev–Trinajstić information content (AvgIpc) is 2.81. The number of esters is 1. The predicted molar refractivity (Wildman–Crippen MR) is 88.7 cm³/mol. The molecular formula is C16H14BrF2NO5. The van der Waals surface area contributed by atoms with Crippen molar-refractivity contribution in [3.05, 3.63) is 29.8 Å². The van der Waals surface area contributed by atoms with E-state index < -0.39 is 52.2 Å². The van der Waals surface area contributed by atoms with E-state index in [2.05, 4.69) is 21.2 Å². The number of anilines is 1. The lowest BCUT2D eigenvalue weighted by Gasteiger charge is -2.04. The van der Waals surface area contributed by atoms with Crippen LogP contribution in [0, 0.1) is 11.6 Å². The number of furan rings is 1. The van der Waals surface area contributed by atoms with Crippen molar-refractivity contribution in [3.8, 4) is 22.8 Å². The SMILES string of the molecule is CC(=O)Oc1c(NC(=O)CCCBr)oc(-c2c(F)cccc2F)c1O. The van der Waals surface area contributed by atoms with Crippen molar-refractivity contribution < 1.29 is 32.6 Å². The average molecular weight is 418 g/mol. The van der Waals surface area contributed by atoms with Gasteiger partial charge < -0.3 is 14.3 Å². The third kappa shape index (κ3) is 4.36. The number of aromatic hydroxyl groups is 1. The molecule has 0 aliphatic heterocycles. The van der Waals surface area contributed by atoms with E-state index in [0.717, 1.165) is 25.1 Å². The Morgan fingerprint density at radius 1 is 1.32 bits per heavy atom. The first-order valence-electron chi connectivity index (χ1n) is 7.19. The number of rotatable bonds is 6. The molecule has 2 rings (SSSR count). The Balaban J connectivity index is 2.49. The highest BCUT2D eigenvalue weighted by Crippen LogP contribution is 2.47. The van der Waals surface area contributed by atoms with Gasteiger partial charge in [-0.25, -0.2) is 8.78 Å². The quantitative estimate of drug-likeness (QED) is 0.548. The zero-order chi connectivity index (χ0) is 18.6. The fourth-order valence-electron chi connectivity index (χ4n) is 2.03. The summed E-state index contributed by atoms with van der Waals surface area (Å²) in [6, 6.07) is 3.09. The number of hydrogen-bond acceptors (Lipinski definition) is 5. The summed E-state index contributed by atoms with van der Waals surface area (Å²) >= 11 is 3.18. The molecule has 0 unspecified atom stereocenters. The van der Waals surface area contributed by atoms with Gasteiger partial charge in [0.05, 0.1) is 5.56 Å². The van der Waals surface area contributed by atoms with Crippen LogP contribution in [0.25, 0.3) is 11.3 Å². The molecule has 0 atom stereocenters. The second-order valence-corrected chi connectivity index (χ2v) is 5.76. The summed E-state index contributed by atoms with van der Waals surface area (Å²) in [5, 5.41) is 13.1. The Hall–Kier alpha value is -2.42. The number of carbonyl (C=O) groups is 2. The van der Waals surface area contributed by atoms with E-state index in [-0.39, 0.29) is 6.42 Å². The van der Waals surface area contributed by atoms with Gasteiger partial charge >= 0.3 is 5.97 Å². The van der Waals surface area contributed by atoms with Gasteiger partial charge in [-0.05, 0) is 18.6 Å². The van der Waals surface area contributed by atoms with E-state index in [0.29, 0.717) is 11.8 Å². The minimum absolute atomic E-state index is 0.121. The Bertz CT molecular complexity index is 786. The van der Waals surface area contributed by atoms with Gasteiger partial charge in [-0.1, -0.05) is 22.0 Å². The van der Waals surface area contributed by atoms with Crippen molar-refractivity contribution in [2.24, 2.45) is 0 Å². The normalized spacial score (nSPS) is 10.6. The molecule has 2 aromatic rings. The van der Waals surface area contributed by atoms with Crippen LogP contribution in [0.5, 0.6) is 11.5 Å². The zero-order valence-electron chi connectivity index (χ0n) is 13.1. The summed E-state index contributed by atoms with van der Waals surface area (Å²) < 4.78 is 37.9. The highest BCUT2D eigenvalue weighted by Gasteiger charge is 2.28. The minimum atomic E-state index is -0.990. The van der Waals surface area contributed by atoms with Crippen LogP contribution >= 0.6 is 15.9 Å². The number of benzene rings is 1. The molecule has 1 amide bonds. The van der Waals surface area contributed by atoms with Crippen molar-refractivity contribution in [2.75, 3.05) is 10.6 Å². The molecule has 134 valence electrons. The number of alkyl halides is 1. The van der Waals surface area contributed by atoms with Gasteiger partial charge in [0, 0.05) is 18.7 Å². The number of hydrogen-bond donors (Lipinski definition) is 2. The number of amides is 1. The van der Waals surface area contributed by atoms with Crippen molar-refractivity contribution >= 4 is 33.7 Å². The van der Waals surface area contributed by atoms with Crippen LogP contribution in [-0.2, 0) is 9.59 Å². The summed E-state index contributed by atoms with van der Waals surface area (Å²) in [7, 11) is 0. The summed E-state index contributed by atoms with van der Waals surface area (Å²) in [5.41, 5.74) is -0.644. The summed E-state index contributed by atoms with van der Waals surface area (Å²) in [4.78, 5) is 23.1. The largest absolute Gasteiger partial charge is 0.502 e. The molecule has 0 spiro atoms. The first-order chi connectivity index (χ1) is 11.8. The molecule has 2 N–H and O–H groups in total. The molecule has 0 aliphatic carbocycles. The molecule has 0 saturated heterocycles. The van der Waals surface area contributed by atoms with Gasteiger partial charge in [0.25, 0.3) is 0 Å². The van der Waals surface area contributed by atoms with E-state index in [1.807, 2.05) is 0 Å². The van der Waals surface area contributed by atoms with Gasteiger partial charge in [-0.2, -0.15) is 0 Å². The number of nitrogens with one attached hydrogen (secondary N) is 1. The lowest BCUT2D eigenvalue weighted by Crippen LogP contribution is -2.12. The van der Waals surface area contributed by atoms with Crippen LogP contribution < -0.4 is 10.1 Å². The van der Waals surface area contributed by atoms with Gasteiger partial charge in [-0.15, -0.1) is 0 Å². The monoisotopic (exact) mass is 417 g/mol. The minimum Gasteiger partial charge on any atom is -0.502 e. The molecule has 0 aliphatic rings. The standard InChI is InChI=1S/C16H14BrF2NO5/c1-8(21)24-15-13(23)14(12-9(18)4-2-5-10(12)19)25-16(15)20-11(22)6-3-7-17/h2,4-5,23H,3,6-7H2,1H3,(H,20,22). The molecule has 1 aromatic carbocycles. The van der Waals surface area contributed by atoms with Crippen LogP contribution in [0.15, 0.2) is 22.6 Å². The third-order valence-electron chi connectivity index (χ3n) is 3.07. The van der Waals surface area contributed by atoms with Crippen molar-refractivity contribution in [1.29, 1.82) is 0 Å². The van der Waals surface area contributed by atoms with E-state index in [1.54, 1.807) is 0 Å². The number of carbonyl (C=O) groups excluding carboxylic acids is 2. The maximum atomic E-state index is 13.9. The highest BCUT2D eigenvalue weighted by atomic mass is 79.9. The van der Waals surface area contributed by atoms with Crippen LogP contribution in [-0.4, -0.2) is 22.3 Å². The number of halogens is 3. The Morgan fingerprint density at radius 2 is 1.96 bits per heavy atom. The molecule has 0 bridgehead atoms. The van der Waals surface area contributed by atoms with E-state index >= 15 is 0 Å². The summed E-state index contributed by atoms with van der Waals surface area (Å²) in [6.45, 7) is 1.06. The second-order valence-electron chi connectivity index (χ2n) is 4.97. The zero-order valence-corrected chi connectivity index (χ0v) is 14.7. The third-order valence-corrected chi connectivity index (χ3v) is 3.63. The lowest BCUT2D eigenvalue weighted by atomic mass is 10.1. The fourth-order valence-corrected chi connectivity index (χ4v) is 2.31. The molecule has 1 heterocycles. The maximum absolute atomic E-state index is 13.9. The van der Waals surface area contributed by atoms with Crippen LogP contribution in [0.3, 0.4) is 0 Å². The van der Waals surface area contributed by atoms with E-state index in [4.69, 9.17) is 9.15 Å². The van der Waals surface area contributed by atoms with Crippen molar-refractivity contribution in [2.45, 2.75) is 19.8 Å². The summed E-state index contributed by atoms with van der Waals surface area (Å²) in [5.74, 6) is -5.60. The van der Waals surface area contributed by atoms with Gasteiger partial charge in [0.1, 0.15) is 11.6 Å². The molecule has 0 fully saturated rings. The van der Waals surface area contributed by atoms with Crippen molar-refractivity contribution in [1.82, 2.24) is 0 Å². The molecule has 0 radical (unpaired) electrons. The Morgan fingerprint density at radius 3 is 2.52 bits per heavy atom. The fraction of sp³-hybridized carbons (Fsp3) is 0.250. The summed E-state index contributed by atoms with van der Waals surface area (Å²) in [6.07, 6.45) is 0.645.